The molecule has 0 radical (unpaired) electrons. The summed E-state index contributed by atoms with van der Waals surface area (Å²) in [5, 5.41) is 2.44. The van der Waals surface area contributed by atoms with E-state index in [1.807, 2.05) is 0 Å². The average Bonchev–Trinajstić information content (AvgIpc) is 2.30. The number of nitrogens with one attached hydrogen (secondary N) is 1. The van der Waals surface area contributed by atoms with E-state index in [1.165, 1.54) is 12.1 Å². The molecule has 0 saturated carbocycles. The molecule has 1 N–H and O–H groups in total. The second-order valence-electron chi connectivity index (χ2n) is 3.96. The van der Waals surface area contributed by atoms with Crippen molar-refractivity contribution in [2.75, 3.05) is 6.54 Å². The van der Waals surface area contributed by atoms with Gasteiger partial charge in [-0.3, -0.25) is 4.79 Å². The van der Waals surface area contributed by atoms with E-state index < -0.39 is 24.3 Å². The highest BCUT2D eigenvalue weighted by Crippen LogP contribution is 2.22. The van der Waals surface area contributed by atoms with Gasteiger partial charge in [0, 0.05) is 18.5 Å². The van der Waals surface area contributed by atoms with E-state index in [4.69, 9.17) is 0 Å². The molecule has 0 saturated heterocycles. The van der Waals surface area contributed by atoms with E-state index in [0.29, 0.717) is 0 Å². The first-order chi connectivity index (χ1) is 8.79. The van der Waals surface area contributed by atoms with Gasteiger partial charge in [-0.1, -0.05) is 0 Å². The van der Waals surface area contributed by atoms with E-state index in [0.717, 1.165) is 6.07 Å². The highest BCUT2D eigenvalue weighted by molar-refractivity contribution is 9.10. The van der Waals surface area contributed by atoms with E-state index in [1.54, 1.807) is 0 Å². The Hall–Kier alpha value is -1.11. The third-order valence-electron chi connectivity index (χ3n) is 2.35. The monoisotopic (exact) mass is 341 g/mol. The summed E-state index contributed by atoms with van der Waals surface area (Å²) >= 11 is 2.96. The number of rotatable bonds is 5. The summed E-state index contributed by atoms with van der Waals surface area (Å²) in [5.41, 5.74) is 0.136. The van der Waals surface area contributed by atoms with Crippen LogP contribution in [0, 0.1) is 5.82 Å². The first kappa shape index (κ1) is 15.9. The zero-order valence-corrected chi connectivity index (χ0v) is 11.4. The van der Waals surface area contributed by atoms with Crippen molar-refractivity contribution < 1.29 is 22.4 Å². The molecule has 1 aromatic rings. The van der Waals surface area contributed by atoms with Crippen LogP contribution in [-0.2, 0) is 0 Å². The number of alkyl halides is 3. The van der Waals surface area contributed by atoms with Crippen LogP contribution in [-0.4, -0.2) is 18.6 Å². The van der Waals surface area contributed by atoms with Gasteiger partial charge in [-0.2, -0.15) is 13.2 Å². The van der Waals surface area contributed by atoms with Crippen LogP contribution in [0.3, 0.4) is 0 Å². The normalized spacial score (nSPS) is 11.4. The lowest BCUT2D eigenvalue weighted by Crippen LogP contribution is -2.24. The van der Waals surface area contributed by atoms with Gasteiger partial charge in [0.25, 0.3) is 5.91 Å². The second-order valence-corrected chi connectivity index (χ2v) is 4.81. The zero-order valence-electron chi connectivity index (χ0n) is 9.86. The van der Waals surface area contributed by atoms with Gasteiger partial charge in [0.1, 0.15) is 5.82 Å². The van der Waals surface area contributed by atoms with Gasteiger partial charge in [-0.05, 0) is 47.0 Å². The summed E-state index contributed by atoms with van der Waals surface area (Å²) in [4.78, 5) is 11.6. The number of benzene rings is 1. The molecular formula is C12H12BrF4NO. The SMILES string of the molecule is O=C(NCCCCC(F)(F)F)c1ccc(Br)c(F)c1. The molecule has 0 spiro atoms. The fourth-order valence-corrected chi connectivity index (χ4v) is 1.64. The molecule has 0 bridgehead atoms. The maximum absolute atomic E-state index is 13.2. The Labute approximate surface area is 116 Å². The molecule has 0 heterocycles. The smallest absolute Gasteiger partial charge is 0.352 e. The summed E-state index contributed by atoms with van der Waals surface area (Å²) in [5.74, 6) is -1.07. The van der Waals surface area contributed by atoms with Crippen LogP contribution in [0.2, 0.25) is 0 Å². The van der Waals surface area contributed by atoms with Gasteiger partial charge in [0.15, 0.2) is 0 Å². The Morgan fingerprint density at radius 3 is 2.53 bits per heavy atom. The minimum atomic E-state index is -4.17. The summed E-state index contributed by atoms with van der Waals surface area (Å²) < 4.78 is 49.0. The predicted octanol–water partition coefficient (Wildman–Crippen LogP) is 4.05. The van der Waals surface area contributed by atoms with Crippen LogP contribution < -0.4 is 5.32 Å². The van der Waals surface area contributed by atoms with Gasteiger partial charge < -0.3 is 5.32 Å². The summed E-state index contributed by atoms with van der Waals surface area (Å²) in [7, 11) is 0. The molecule has 0 aliphatic carbocycles. The largest absolute Gasteiger partial charge is 0.389 e. The predicted molar refractivity (Wildman–Crippen MR) is 66.3 cm³/mol. The molecule has 1 amide bonds. The third-order valence-corrected chi connectivity index (χ3v) is 3.00. The molecule has 19 heavy (non-hydrogen) atoms. The fraction of sp³-hybridized carbons (Fsp3) is 0.417. The first-order valence-corrected chi connectivity index (χ1v) is 6.39. The van der Waals surface area contributed by atoms with Crippen LogP contribution in [0.5, 0.6) is 0 Å². The van der Waals surface area contributed by atoms with Crippen LogP contribution >= 0.6 is 15.9 Å². The molecule has 106 valence electrons. The standard InChI is InChI=1S/C12H12BrF4NO/c13-9-4-3-8(7-10(9)14)11(19)18-6-2-1-5-12(15,16)17/h3-4,7H,1-2,5-6H2,(H,18,19). The van der Waals surface area contributed by atoms with Crippen molar-refractivity contribution in [2.24, 2.45) is 0 Å². The minimum absolute atomic E-state index is 0.0432. The van der Waals surface area contributed by atoms with E-state index in [9.17, 15) is 22.4 Å². The van der Waals surface area contributed by atoms with Crippen molar-refractivity contribution >= 4 is 21.8 Å². The van der Waals surface area contributed by atoms with E-state index >= 15 is 0 Å². The molecule has 0 aliphatic rings. The summed E-state index contributed by atoms with van der Waals surface area (Å²) in [6, 6.07) is 3.89. The lowest BCUT2D eigenvalue weighted by atomic mass is 10.2. The number of halogens is 5. The number of carbonyl (C=O) groups excluding carboxylic acids is 1. The number of hydrogen-bond acceptors (Lipinski definition) is 1. The molecule has 0 fully saturated rings. The molecular weight excluding hydrogens is 330 g/mol. The maximum atomic E-state index is 13.2. The van der Waals surface area contributed by atoms with E-state index in [2.05, 4.69) is 21.2 Å². The van der Waals surface area contributed by atoms with Gasteiger partial charge >= 0.3 is 6.18 Å². The van der Waals surface area contributed by atoms with Gasteiger partial charge in [0.2, 0.25) is 0 Å². The van der Waals surface area contributed by atoms with Crippen LogP contribution in [0.1, 0.15) is 29.6 Å². The molecule has 7 heteroatoms. The zero-order chi connectivity index (χ0) is 14.5. The van der Waals surface area contributed by atoms with Crippen molar-refractivity contribution in [1.82, 2.24) is 5.32 Å². The van der Waals surface area contributed by atoms with Gasteiger partial charge in [-0.15, -0.1) is 0 Å². The maximum Gasteiger partial charge on any atom is 0.389 e. The van der Waals surface area contributed by atoms with Gasteiger partial charge in [-0.25, -0.2) is 4.39 Å². The Bertz CT molecular complexity index is 448. The Morgan fingerprint density at radius 1 is 1.26 bits per heavy atom. The Morgan fingerprint density at radius 2 is 1.95 bits per heavy atom. The molecule has 0 unspecified atom stereocenters. The molecule has 1 rings (SSSR count). The fourth-order valence-electron chi connectivity index (χ4n) is 1.39. The Balaban J connectivity index is 2.33. The van der Waals surface area contributed by atoms with Crippen LogP contribution in [0.15, 0.2) is 22.7 Å². The molecule has 0 atom stereocenters. The first-order valence-electron chi connectivity index (χ1n) is 5.59. The van der Waals surface area contributed by atoms with Crippen molar-refractivity contribution in [3.63, 3.8) is 0 Å². The van der Waals surface area contributed by atoms with Crippen molar-refractivity contribution in [3.05, 3.63) is 34.1 Å². The third kappa shape index (κ3) is 6.04. The molecule has 0 aliphatic heterocycles. The summed E-state index contributed by atoms with van der Waals surface area (Å²) in [6.07, 6.45) is -4.85. The van der Waals surface area contributed by atoms with Crippen molar-refractivity contribution in [3.8, 4) is 0 Å². The number of amides is 1. The minimum Gasteiger partial charge on any atom is -0.352 e. The number of unbranched alkanes of at least 4 members (excludes halogenated alkanes) is 1. The lowest BCUT2D eigenvalue weighted by Gasteiger charge is -2.07. The topological polar surface area (TPSA) is 29.1 Å². The van der Waals surface area contributed by atoms with Crippen molar-refractivity contribution in [2.45, 2.75) is 25.4 Å². The lowest BCUT2D eigenvalue weighted by molar-refractivity contribution is -0.135. The Kier molecular flexibility index (Phi) is 5.78. The second kappa shape index (κ2) is 6.88. The highest BCUT2D eigenvalue weighted by atomic mass is 79.9. The number of hydrogen-bond donors (Lipinski definition) is 1. The molecule has 1 aromatic carbocycles. The summed E-state index contributed by atoms with van der Waals surface area (Å²) in [6.45, 7) is 0.132. The van der Waals surface area contributed by atoms with Gasteiger partial charge in [0.05, 0.1) is 4.47 Å². The quantitative estimate of drug-likeness (QED) is 0.635. The highest BCUT2D eigenvalue weighted by Gasteiger charge is 2.25. The average molecular weight is 342 g/mol. The number of carbonyl (C=O) groups is 1. The van der Waals surface area contributed by atoms with E-state index in [-0.39, 0.29) is 29.4 Å². The van der Waals surface area contributed by atoms with Crippen LogP contribution in [0.4, 0.5) is 17.6 Å². The van der Waals surface area contributed by atoms with Crippen LogP contribution in [0.25, 0.3) is 0 Å². The molecule has 0 aromatic heterocycles. The van der Waals surface area contributed by atoms with Crippen molar-refractivity contribution in [1.29, 1.82) is 0 Å². The molecule has 2 nitrogen and oxygen atoms in total.